The summed E-state index contributed by atoms with van der Waals surface area (Å²) in [6, 6.07) is 6.25. The van der Waals surface area contributed by atoms with Gasteiger partial charge in [0.1, 0.15) is 5.75 Å². The van der Waals surface area contributed by atoms with Crippen molar-refractivity contribution < 1.29 is 14.2 Å². The highest BCUT2D eigenvalue weighted by atomic mass is 16.5. The van der Waals surface area contributed by atoms with E-state index in [-0.39, 0.29) is 6.10 Å². The van der Waals surface area contributed by atoms with Crippen LogP contribution in [0.5, 0.6) is 5.75 Å². The van der Waals surface area contributed by atoms with Crippen LogP contribution in [0.2, 0.25) is 0 Å². The molecule has 0 spiro atoms. The molecule has 124 valence electrons. The molecule has 5 nitrogen and oxygen atoms in total. The van der Waals surface area contributed by atoms with Gasteiger partial charge in [0.05, 0.1) is 26.4 Å². The fourth-order valence-corrected chi connectivity index (χ4v) is 2.63. The number of methoxy groups -OCH3 is 1. The van der Waals surface area contributed by atoms with Crippen molar-refractivity contribution in [2.45, 2.75) is 26.2 Å². The standard InChI is InChI=1S/C17H28N2O3/c1-4-21-13-15-9-14(5-6-17(15)20-3)10-18-11-16-12-19(2)7-8-22-16/h5-6,9,16,18H,4,7-8,10-13H2,1-3H3/t16-/m0/s1. The molecule has 1 aromatic carbocycles. The van der Waals surface area contributed by atoms with Gasteiger partial charge in [-0.1, -0.05) is 6.07 Å². The van der Waals surface area contributed by atoms with E-state index in [1.165, 1.54) is 5.56 Å². The highest BCUT2D eigenvalue weighted by Crippen LogP contribution is 2.20. The molecule has 0 bridgehead atoms. The molecule has 0 amide bonds. The average molecular weight is 308 g/mol. The summed E-state index contributed by atoms with van der Waals surface area (Å²) in [5, 5.41) is 3.48. The van der Waals surface area contributed by atoms with Crippen LogP contribution in [0, 0.1) is 0 Å². The highest BCUT2D eigenvalue weighted by molar-refractivity contribution is 5.36. The second kappa shape index (κ2) is 9.10. The second-order valence-electron chi connectivity index (χ2n) is 5.67. The zero-order valence-electron chi connectivity index (χ0n) is 13.9. The highest BCUT2D eigenvalue weighted by Gasteiger charge is 2.16. The second-order valence-corrected chi connectivity index (χ2v) is 5.67. The molecule has 0 radical (unpaired) electrons. The molecule has 1 aliphatic rings. The van der Waals surface area contributed by atoms with E-state index in [1.807, 2.05) is 13.0 Å². The normalized spacial score (nSPS) is 19.3. The molecule has 1 aliphatic heterocycles. The monoisotopic (exact) mass is 308 g/mol. The topological polar surface area (TPSA) is 43.0 Å². The Balaban J connectivity index is 1.84. The predicted molar refractivity (Wildman–Crippen MR) is 87.3 cm³/mol. The van der Waals surface area contributed by atoms with Crippen molar-refractivity contribution in [3.05, 3.63) is 29.3 Å². The Bertz CT molecular complexity index is 454. The van der Waals surface area contributed by atoms with Gasteiger partial charge in [-0.25, -0.2) is 0 Å². The van der Waals surface area contributed by atoms with Crippen molar-refractivity contribution >= 4 is 0 Å². The van der Waals surface area contributed by atoms with Crippen LogP contribution in [0.25, 0.3) is 0 Å². The van der Waals surface area contributed by atoms with E-state index in [0.29, 0.717) is 13.2 Å². The molecule has 2 rings (SSSR count). The SMILES string of the molecule is CCOCc1cc(CNC[C@H]2CN(C)CCO2)ccc1OC. The lowest BCUT2D eigenvalue weighted by Gasteiger charge is -2.30. The number of morpholine rings is 1. The van der Waals surface area contributed by atoms with E-state index in [2.05, 4.69) is 29.4 Å². The van der Waals surface area contributed by atoms with Gasteiger partial charge in [-0.05, 0) is 31.7 Å². The number of likely N-dealkylation sites (N-methyl/N-ethyl adjacent to an activating group) is 1. The van der Waals surface area contributed by atoms with Crippen molar-refractivity contribution in [3.63, 3.8) is 0 Å². The van der Waals surface area contributed by atoms with Crippen molar-refractivity contribution in [2.75, 3.05) is 47.0 Å². The minimum absolute atomic E-state index is 0.278. The first-order valence-corrected chi connectivity index (χ1v) is 7.97. The largest absolute Gasteiger partial charge is 0.496 e. The fraction of sp³-hybridized carbons (Fsp3) is 0.647. The molecule has 1 fully saturated rings. The van der Waals surface area contributed by atoms with Gasteiger partial charge in [0, 0.05) is 38.3 Å². The summed E-state index contributed by atoms with van der Waals surface area (Å²) in [5.41, 5.74) is 2.33. The van der Waals surface area contributed by atoms with E-state index in [9.17, 15) is 0 Å². The lowest BCUT2D eigenvalue weighted by Crippen LogP contribution is -2.44. The van der Waals surface area contributed by atoms with Gasteiger partial charge in [0.15, 0.2) is 0 Å². The van der Waals surface area contributed by atoms with Crippen molar-refractivity contribution in [1.82, 2.24) is 10.2 Å². The lowest BCUT2D eigenvalue weighted by molar-refractivity contribution is -0.0182. The molecule has 22 heavy (non-hydrogen) atoms. The van der Waals surface area contributed by atoms with Crippen LogP contribution in [0.4, 0.5) is 0 Å². The van der Waals surface area contributed by atoms with Crippen LogP contribution in [0.3, 0.4) is 0 Å². The summed E-state index contributed by atoms with van der Waals surface area (Å²) >= 11 is 0. The summed E-state index contributed by atoms with van der Waals surface area (Å²) in [6.07, 6.45) is 0.278. The van der Waals surface area contributed by atoms with Gasteiger partial charge in [0.2, 0.25) is 0 Å². The van der Waals surface area contributed by atoms with E-state index < -0.39 is 0 Å². The summed E-state index contributed by atoms with van der Waals surface area (Å²) < 4.78 is 16.6. The molecule has 0 unspecified atom stereocenters. The lowest BCUT2D eigenvalue weighted by atomic mass is 10.1. The van der Waals surface area contributed by atoms with E-state index in [1.54, 1.807) is 7.11 Å². The fourth-order valence-electron chi connectivity index (χ4n) is 2.63. The van der Waals surface area contributed by atoms with E-state index in [0.717, 1.165) is 44.1 Å². The molecule has 0 saturated carbocycles. The van der Waals surface area contributed by atoms with Gasteiger partial charge in [0.25, 0.3) is 0 Å². The third kappa shape index (κ3) is 5.25. The Morgan fingerprint density at radius 1 is 1.41 bits per heavy atom. The average Bonchev–Trinajstić information content (AvgIpc) is 2.53. The number of rotatable bonds is 8. The Morgan fingerprint density at radius 2 is 2.27 bits per heavy atom. The molecular weight excluding hydrogens is 280 g/mol. The summed E-state index contributed by atoms with van der Waals surface area (Å²) in [6.45, 7) is 7.83. The minimum Gasteiger partial charge on any atom is -0.496 e. The molecule has 1 aromatic rings. The van der Waals surface area contributed by atoms with Gasteiger partial charge in [-0.15, -0.1) is 0 Å². The Labute approximate surface area is 133 Å². The summed E-state index contributed by atoms with van der Waals surface area (Å²) in [4.78, 5) is 2.31. The first-order chi connectivity index (χ1) is 10.7. The Hall–Kier alpha value is -1.14. The van der Waals surface area contributed by atoms with Gasteiger partial charge < -0.3 is 24.4 Å². The number of hydrogen-bond donors (Lipinski definition) is 1. The van der Waals surface area contributed by atoms with E-state index >= 15 is 0 Å². The number of benzene rings is 1. The third-order valence-electron chi connectivity index (χ3n) is 3.85. The summed E-state index contributed by atoms with van der Waals surface area (Å²) in [7, 11) is 3.83. The van der Waals surface area contributed by atoms with Gasteiger partial charge in [-0.3, -0.25) is 0 Å². The predicted octanol–water partition coefficient (Wildman–Crippen LogP) is 1.65. The van der Waals surface area contributed by atoms with Crippen LogP contribution in [0.1, 0.15) is 18.1 Å². The molecule has 0 aromatic heterocycles. The Kier molecular flexibility index (Phi) is 7.12. The van der Waals surface area contributed by atoms with Gasteiger partial charge in [-0.2, -0.15) is 0 Å². The molecule has 1 heterocycles. The van der Waals surface area contributed by atoms with E-state index in [4.69, 9.17) is 14.2 Å². The number of hydrogen-bond acceptors (Lipinski definition) is 5. The first-order valence-electron chi connectivity index (χ1n) is 7.97. The third-order valence-corrected chi connectivity index (χ3v) is 3.85. The molecule has 1 N–H and O–H groups in total. The quantitative estimate of drug-likeness (QED) is 0.791. The molecule has 5 heteroatoms. The molecular formula is C17H28N2O3. The maximum Gasteiger partial charge on any atom is 0.124 e. The van der Waals surface area contributed by atoms with Gasteiger partial charge >= 0.3 is 0 Å². The van der Waals surface area contributed by atoms with Crippen LogP contribution < -0.4 is 10.1 Å². The van der Waals surface area contributed by atoms with Crippen LogP contribution in [-0.2, 0) is 22.6 Å². The Morgan fingerprint density at radius 3 is 3.00 bits per heavy atom. The van der Waals surface area contributed by atoms with Crippen molar-refractivity contribution in [2.24, 2.45) is 0 Å². The first kappa shape index (κ1) is 17.2. The smallest absolute Gasteiger partial charge is 0.124 e. The maximum atomic E-state index is 5.76. The van der Waals surface area contributed by atoms with Crippen molar-refractivity contribution in [1.29, 1.82) is 0 Å². The van der Waals surface area contributed by atoms with Crippen LogP contribution in [-0.4, -0.2) is 58.0 Å². The summed E-state index contributed by atoms with van der Waals surface area (Å²) in [5.74, 6) is 0.884. The number of ether oxygens (including phenoxy) is 3. The molecule has 1 atom stereocenters. The zero-order chi connectivity index (χ0) is 15.8. The van der Waals surface area contributed by atoms with Crippen LogP contribution in [0.15, 0.2) is 18.2 Å². The van der Waals surface area contributed by atoms with Crippen molar-refractivity contribution in [3.8, 4) is 5.75 Å². The number of nitrogens with one attached hydrogen (secondary N) is 1. The zero-order valence-corrected chi connectivity index (χ0v) is 13.9. The van der Waals surface area contributed by atoms with Crippen LogP contribution >= 0.6 is 0 Å². The maximum absolute atomic E-state index is 5.76. The number of nitrogens with zero attached hydrogens (tertiary/aromatic N) is 1. The molecule has 1 saturated heterocycles. The molecule has 0 aliphatic carbocycles. The minimum atomic E-state index is 0.278.